The number of carbonyl (C=O) groups is 2. The lowest BCUT2D eigenvalue weighted by Crippen LogP contribution is -2.31. The summed E-state index contributed by atoms with van der Waals surface area (Å²) in [5, 5.41) is 0. The summed E-state index contributed by atoms with van der Waals surface area (Å²) in [7, 11) is 0. The fourth-order valence-corrected chi connectivity index (χ4v) is 2.51. The lowest BCUT2D eigenvalue weighted by molar-refractivity contribution is -0.120. The standard InChI is InChI=1S/C15H14O4/c1-2-18-12-8-7-11-13(16)9-5-3-4-6-10(9)14(17)15(11)19-12/h3-6,12H,2,7-8H2,1H3/t12-/m1/s1. The Hall–Kier alpha value is -1.94. The average Bonchev–Trinajstić information content (AvgIpc) is 2.45. The molecule has 1 atom stereocenters. The first kappa shape index (κ1) is 12.1. The van der Waals surface area contributed by atoms with Gasteiger partial charge in [-0.25, -0.2) is 0 Å². The molecule has 0 spiro atoms. The summed E-state index contributed by atoms with van der Waals surface area (Å²) >= 11 is 0. The largest absolute Gasteiger partial charge is 0.460 e. The molecule has 1 aliphatic carbocycles. The Bertz CT molecular complexity index is 586. The van der Waals surface area contributed by atoms with E-state index in [0.29, 0.717) is 36.1 Å². The molecule has 1 aromatic rings. The van der Waals surface area contributed by atoms with Crippen LogP contribution < -0.4 is 0 Å². The maximum Gasteiger partial charge on any atom is 0.228 e. The van der Waals surface area contributed by atoms with Gasteiger partial charge in [0, 0.05) is 29.7 Å². The van der Waals surface area contributed by atoms with E-state index in [4.69, 9.17) is 9.47 Å². The SMILES string of the molecule is CCO[C@H]1CCC2=C(O1)C(=O)c1ccccc1C2=O. The van der Waals surface area contributed by atoms with Crippen LogP contribution in [0, 0.1) is 0 Å². The van der Waals surface area contributed by atoms with Gasteiger partial charge in [-0.15, -0.1) is 0 Å². The highest BCUT2D eigenvalue weighted by molar-refractivity contribution is 6.26. The summed E-state index contributed by atoms with van der Waals surface area (Å²) in [5.74, 6) is -0.136. The third-order valence-electron chi connectivity index (χ3n) is 3.40. The third kappa shape index (κ3) is 1.88. The quantitative estimate of drug-likeness (QED) is 0.817. The molecule has 3 rings (SSSR count). The van der Waals surface area contributed by atoms with Crippen molar-refractivity contribution < 1.29 is 19.1 Å². The van der Waals surface area contributed by atoms with Crippen molar-refractivity contribution >= 4 is 11.6 Å². The fraction of sp³-hybridized carbons (Fsp3) is 0.333. The van der Waals surface area contributed by atoms with Crippen LogP contribution in [0.15, 0.2) is 35.6 Å². The van der Waals surface area contributed by atoms with Gasteiger partial charge in [-0.2, -0.15) is 0 Å². The average molecular weight is 258 g/mol. The van der Waals surface area contributed by atoms with Crippen molar-refractivity contribution in [1.82, 2.24) is 0 Å². The van der Waals surface area contributed by atoms with Crippen LogP contribution in [-0.2, 0) is 9.47 Å². The molecular formula is C15H14O4. The molecule has 0 unspecified atom stereocenters. The molecule has 19 heavy (non-hydrogen) atoms. The monoisotopic (exact) mass is 258 g/mol. The van der Waals surface area contributed by atoms with Gasteiger partial charge in [-0.3, -0.25) is 9.59 Å². The van der Waals surface area contributed by atoms with Gasteiger partial charge in [0.1, 0.15) is 0 Å². The summed E-state index contributed by atoms with van der Waals surface area (Å²) in [6.07, 6.45) is 0.706. The summed E-state index contributed by atoms with van der Waals surface area (Å²) in [4.78, 5) is 24.7. The van der Waals surface area contributed by atoms with Gasteiger partial charge < -0.3 is 9.47 Å². The highest BCUT2D eigenvalue weighted by atomic mass is 16.7. The summed E-state index contributed by atoms with van der Waals surface area (Å²) in [5.41, 5.74) is 1.38. The lowest BCUT2D eigenvalue weighted by atomic mass is 9.85. The van der Waals surface area contributed by atoms with E-state index in [9.17, 15) is 9.59 Å². The molecule has 2 aliphatic rings. The minimum atomic E-state index is -0.425. The highest BCUT2D eigenvalue weighted by Crippen LogP contribution is 2.34. The smallest absolute Gasteiger partial charge is 0.228 e. The van der Waals surface area contributed by atoms with Crippen LogP contribution in [0.3, 0.4) is 0 Å². The van der Waals surface area contributed by atoms with Crippen LogP contribution >= 0.6 is 0 Å². The Morgan fingerprint density at radius 3 is 2.58 bits per heavy atom. The van der Waals surface area contributed by atoms with Crippen LogP contribution in [0.2, 0.25) is 0 Å². The van der Waals surface area contributed by atoms with Crippen LogP contribution in [0.5, 0.6) is 0 Å². The molecule has 98 valence electrons. The van der Waals surface area contributed by atoms with E-state index in [0.717, 1.165) is 0 Å². The number of benzene rings is 1. The third-order valence-corrected chi connectivity index (χ3v) is 3.40. The normalized spacial score (nSPS) is 21.8. The van der Waals surface area contributed by atoms with Crippen molar-refractivity contribution in [3.05, 3.63) is 46.7 Å². The van der Waals surface area contributed by atoms with Gasteiger partial charge in [0.25, 0.3) is 0 Å². The zero-order valence-electron chi connectivity index (χ0n) is 10.6. The minimum absolute atomic E-state index is 0.0971. The second-order valence-electron chi connectivity index (χ2n) is 4.55. The first-order valence-electron chi connectivity index (χ1n) is 6.42. The van der Waals surface area contributed by atoms with Gasteiger partial charge in [-0.05, 0) is 13.3 Å². The molecule has 0 saturated carbocycles. The van der Waals surface area contributed by atoms with E-state index in [1.165, 1.54) is 0 Å². The van der Waals surface area contributed by atoms with E-state index in [-0.39, 0.29) is 17.3 Å². The first-order valence-corrected chi connectivity index (χ1v) is 6.42. The van der Waals surface area contributed by atoms with Gasteiger partial charge in [0.05, 0.1) is 0 Å². The predicted molar refractivity (Wildman–Crippen MR) is 67.9 cm³/mol. The van der Waals surface area contributed by atoms with E-state index in [1.54, 1.807) is 24.3 Å². The number of Topliss-reactive ketones (excluding diaryl/α,β-unsaturated/α-hetero) is 2. The summed E-state index contributed by atoms with van der Waals surface area (Å²) in [6.45, 7) is 2.39. The zero-order chi connectivity index (χ0) is 13.4. The molecule has 1 aliphatic heterocycles. The second kappa shape index (κ2) is 4.63. The van der Waals surface area contributed by atoms with Gasteiger partial charge in [0.2, 0.25) is 5.78 Å². The molecule has 0 bridgehead atoms. The second-order valence-corrected chi connectivity index (χ2v) is 4.55. The van der Waals surface area contributed by atoms with Crippen molar-refractivity contribution in [3.8, 4) is 0 Å². The molecule has 4 heteroatoms. The molecule has 0 N–H and O–H groups in total. The first-order chi connectivity index (χ1) is 9.22. The van der Waals surface area contributed by atoms with Gasteiger partial charge in [-0.1, -0.05) is 24.3 Å². The molecule has 1 heterocycles. The number of ketones is 2. The number of carbonyl (C=O) groups excluding carboxylic acids is 2. The van der Waals surface area contributed by atoms with E-state index in [1.807, 2.05) is 6.92 Å². The molecular weight excluding hydrogens is 244 g/mol. The van der Waals surface area contributed by atoms with Crippen LogP contribution in [-0.4, -0.2) is 24.5 Å². The van der Waals surface area contributed by atoms with Gasteiger partial charge in [0.15, 0.2) is 17.8 Å². The Kier molecular flexibility index (Phi) is 2.95. The van der Waals surface area contributed by atoms with E-state index >= 15 is 0 Å². The van der Waals surface area contributed by atoms with E-state index in [2.05, 4.69) is 0 Å². The van der Waals surface area contributed by atoms with Crippen molar-refractivity contribution in [2.75, 3.05) is 6.61 Å². The highest BCUT2D eigenvalue weighted by Gasteiger charge is 2.37. The van der Waals surface area contributed by atoms with Crippen molar-refractivity contribution in [1.29, 1.82) is 0 Å². The maximum absolute atomic E-state index is 12.4. The number of hydrogen-bond donors (Lipinski definition) is 0. The molecule has 0 aromatic heterocycles. The number of allylic oxidation sites excluding steroid dienone is 2. The maximum atomic E-state index is 12.4. The lowest BCUT2D eigenvalue weighted by Gasteiger charge is -2.29. The predicted octanol–water partition coefficient (Wildman–Crippen LogP) is 2.49. The Morgan fingerprint density at radius 2 is 1.89 bits per heavy atom. The number of rotatable bonds is 2. The topological polar surface area (TPSA) is 52.6 Å². The van der Waals surface area contributed by atoms with E-state index < -0.39 is 6.29 Å². The van der Waals surface area contributed by atoms with Crippen LogP contribution in [0.25, 0.3) is 0 Å². The number of fused-ring (bicyclic) bond motifs is 1. The zero-order valence-corrected chi connectivity index (χ0v) is 10.6. The molecule has 0 radical (unpaired) electrons. The summed E-state index contributed by atoms with van der Waals surface area (Å²) in [6, 6.07) is 6.86. The molecule has 0 amide bonds. The summed E-state index contributed by atoms with van der Waals surface area (Å²) < 4.78 is 10.9. The fourth-order valence-electron chi connectivity index (χ4n) is 2.51. The van der Waals surface area contributed by atoms with Crippen molar-refractivity contribution in [3.63, 3.8) is 0 Å². The van der Waals surface area contributed by atoms with Crippen molar-refractivity contribution in [2.45, 2.75) is 26.1 Å². The van der Waals surface area contributed by atoms with Crippen LogP contribution in [0.4, 0.5) is 0 Å². The Labute approximate surface area is 111 Å². The van der Waals surface area contributed by atoms with Crippen molar-refractivity contribution in [2.24, 2.45) is 0 Å². The molecule has 4 nitrogen and oxygen atoms in total. The molecule has 1 aromatic carbocycles. The number of hydrogen-bond acceptors (Lipinski definition) is 4. The molecule has 0 fully saturated rings. The van der Waals surface area contributed by atoms with Crippen LogP contribution in [0.1, 0.15) is 40.5 Å². The Balaban J connectivity index is 2.01. The van der Waals surface area contributed by atoms with Gasteiger partial charge >= 0.3 is 0 Å². The Morgan fingerprint density at radius 1 is 1.21 bits per heavy atom. The molecule has 0 saturated heterocycles. The minimum Gasteiger partial charge on any atom is -0.460 e. The number of ether oxygens (including phenoxy) is 2.